The maximum Gasteiger partial charge on any atom is 0.170 e. The van der Waals surface area contributed by atoms with Crippen molar-refractivity contribution in [3.63, 3.8) is 0 Å². The number of para-hydroxylation sites is 2. The normalized spacial score (nSPS) is 16.3. The first kappa shape index (κ1) is 28.7. The highest BCUT2D eigenvalue weighted by molar-refractivity contribution is 7.13. The van der Waals surface area contributed by atoms with Crippen molar-refractivity contribution in [3.05, 3.63) is 118 Å². The second-order valence-corrected chi connectivity index (χ2v) is 11.7. The average Bonchev–Trinajstić information content (AvgIpc) is 3.35. The van der Waals surface area contributed by atoms with Gasteiger partial charge in [-0.1, -0.05) is 42.8 Å². The Labute approximate surface area is 251 Å². The van der Waals surface area contributed by atoms with Gasteiger partial charge in [-0.25, -0.2) is 0 Å². The third-order valence-electron chi connectivity index (χ3n) is 7.81. The van der Waals surface area contributed by atoms with E-state index in [0.29, 0.717) is 11.5 Å². The lowest BCUT2D eigenvalue weighted by atomic mass is 9.90. The molecule has 1 aliphatic carbocycles. The molecule has 0 amide bonds. The third-order valence-corrected chi connectivity index (χ3v) is 9.01. The Morgan fingerprint density at radius 1 is 0.762 bits per heavy atom. The van der Waals surface area contributed by atoms with Crippen molar-refractivity contribution in [2.24, 2.45) is 5.92 Å². The number of ketones is 2. The van der Waals surface area contributed by atoms with E-state index in [1.54, 1.807) is 17.4 Å². The summed E-state index contributed by atoms with van der Waals surface area (Å²) in [4.78, 5) is 30.6. The minimum Gasteiger partial charge on any atom is -0.311 e. The molecule has 1 heterocycles. The van der Waals surface area contributed by atoms with Crippen LogP contribution in [0.15, 0.2) is 103 Å². The number of hydrogen-bond acceptors (Lipinski definition) is 6. The van der Waals surface area contributed by atoms with Gasteiger partial charge in [0.25, 0.3) is 0 Å². The van der Waals surface area contributed by atoms with Gasteiger partial charge in [-0.05, 0) is 98.3 Å². The van der Waals surface area contributed by atoms with E-state index in [4.69, 9.17) is 10.5 Å². The topological polar surface area (TPSA) is 85.0 Å². The lowest BCUT2D eigenvalue weighted by Crippen LogP contribution is -2.18. The average molecular weight is 570 g/mol. The van der Waals surface area contributed by atoms with E-state index >= 15 is 0 Å². The van der Waals surface area contributed by atoms with E-state index in [-0.39, 0.29) is 29.5 Å². The summed E-state index contributed by atoms with van der Waals surface area (Å²) in [7, 11) is 0. The van der Waals surface area contributed by atoms with Crippen LogP contribution in [-0.4, -0.2) is 11.6 Å². The number of anilines is 3. The number of allylic oxidation sites excluding steroid dienone is 1. The summed E-state index contributed by atoms with van der Waals surface area (Å²) in [5.74, 6) is 0.136. The minimum absolute atomic E-state index is 0.0300. The van der Waals surface area contributed by atoms with E-state index in [9.17, 15) is 9.59 Å². The van der Waals surface area contributed by atoms with Crippen molar-refractivity contribution in [1.29, 1.82) is 10.5 Å². The summed E-state index contributed by atoms with van der Waals surface area (Å²) in [5, 5.41) is 18.0. The molecule has 0 radical (unpaired) electrons. The second-order valence-electron chi connectivity index (χ2n) is 10.5. The fraction of sp³-hybridized carbons (Fsp3) is 0.222. The lowest BCUT2D eigenvalue weighted by Gasteiger charge is -2.25. The molecule has 42 heavy (non-hydrogen) atoms. The van der Waals surface area contributed by atoms with Crippen LogP contribution in [-0.2, 0) is 4.79 Å². The molecule has 5 nitrogen and oxygen atoms in total. The van der Waals surface area contributed by atoms with Gasteiger partial charge in [0.2, 0.25) is 0 Å². The van der Waals surface area contributed by atoms with Crippen molar-refractivity contribution in [2.75, 3.05) is 4.90 Å². The molecular formula is C36H31N3O2S. The van der Waals surface area contributed by atoms with Crippen LogP contribution in [0.25, 0.3) is 6.08 Å². The summed E-state index contributed by atoms with van der Waals surface area (Å²) in [6.07, 6.45) is 5.93. The first-order valence-corrected chi connectivity index (χ1v) is 15.0. The summed E-state index contributed by atoms with van der Waals surface area (Å²) >= 11 is 1.60. The smallest absolute Gasteiger partial charge is 0.170 e. The molecule has 1 saturated carbocycles. The van der Waals surface area contributed by atoms with Crippen LogP contribution in [0.1, 0.15) is 64.6 Å². The standard InChI is InChI=1S/C36H31N3O2S/c37-24-26(25-38)22-33-20-21-36(42-33)29-9-7-8-27(14-15-29)34(40)23-35(41)28-16-18-32(19-17-28)39(30-10-3-1-4-11-30)31-12-5-2-6-13-31/h1-6,10-13,16-22,27,29H,7-9,14-15,23H2. The van der Waals surface area contributed by atoms with Crippen LogP contribution in [0.2, 0.25) is 0 Å². The highest BCUT2D eigenvalue weighted by Gasteiger charge is 2.27. The van der Waals surface area contributed by atoms with Gasteiger partial charge >= 0.3 is 0 Å². The summed E-state index contributed by atoms with van der Waals surface area (Å²) in [6.45, 7) is 0. The molecule has 0 spiro atoms. The number of Topliss-reactive ketones (excluding diaryl/α,β-unsaturated/α-hetero) is 2. The number of carbonyl (C=O) groups is 2. The van der Waals surface area contributed by atoms with Crippen LogP contribution in [0.3, 0.4) is 0 Å². The zero-order valence-electron chi connectivity index (χ0n) is 23.3. The Bertz CT molecular complexity index is 1590. The minimum atomic E-state index is -0.140. The Hall–Kier alpha value is -4.78. The number of benzene rings is 3. The van der Waals surface area contributed by atoms with Gasteiger partial charge in [-0.3, -0.25) is 9.59 Å². The van der Waals surface area contributed by atoms with Gasteiger partial charge in [-0.15, -0.1) is 11.3 Å². The van der Waals surface area contributed by atoms with Crippen molar-refractivity contribution in [3.8, 4) is 12.1 Å². The maximum atomic E-state index is 13.2. The van der Waals surface area contributed by atoms with Crippen molar-refractivity contribution < 1.29 is 9.59 Å². The molecule has 1 aromatic heterocycles. The molecule has 2 atom stereocenters. The van der Waals surface area contributed by atoms with Crippen LogP contribution in [0, 0.1) is 28.6 Å². The molecule has 5 rings (SSSR count). The Morgan fingerprint density at radius 2 is 1.38 bits per heavy atom. The van der Waals surface area contributed by atoms with E-state index in [2.05, 4.69) is 35.2 Å². The zero-order chi connectivity index (χ0) is 29.3. The highest BCUT2D eigenvalue weighted by atomic mass is 32.1. The van der Waals surface area contributed by atoms with Crippen molar-refractivity contribution in [1.82, 2.24) is 0 Å². The molecule has 1 fully saturated rings. The Balaban J connectivity index is 1.21. The van der Waals surface area contributed by atoms with E-state index in [1.807, 2.05) is 78.9 Å². The maximum absolute atomic E-state index is 13.2. The first-order valence-electron chi connectivity index (χ1n) is 14.2. The molecule has 0 aliphatic heterocycles. The number of hydrogen-bond donors (Lipinski definition) is 0. The van der Waals surface area contributed by atoms with Gasteiger partial charge in [-0.2, -0.15) is 10.5 Å². The number of nitriles is 2. The van der Waals surface area contributed by atoms with E-state index in [0.717, 1.165) is 54.0 Å². The monoisotopic (exact) mass is 569 g/mol. The van der Waals surface area contributed by atoms with Gasteiger partial charge in [0, 0.05) is 38.3 Å². The summed E-state index contributed by atoms with van der Waals surface area (Å²) in [5.41, 5.74) is 3.63. The largest absolute Gasteiger partial charge is 0.311 e. The second kappa shape index (κ2) is 13.7. The molecular weight excluding hydrogens is 538 g/mol. The molecule has 1 aliphatic rings. The van der Waals surface area contributed by atoms with Crippen molar-refractivity contribution in [2.45, 2.75) is 44.4 Å². The predicted molar refractivity (Wildman–Crippen MR) is 168 cm³/mol. The highest BCUT2D eigenvalue weighted by Crippen LogP contribution is 2.38. The molecule has 208 valence electrons. The predicted octanol–water partition coefficient (Wildman–Crippen LogP) is 9.15. The Morgan fingerprint density at radius 3 is 2.00 bits per heavy atom. The number of thiophene rings is 1. The molecule has 0 bridgehead atoms. The van der Waals surface area contributed by atoms with Gasteiger partial charge in [0.15, 0.2) is 5.78 Å². The van der Waals surface area contributed by atoms with Crippen LogP contribution in [0.4, 0.5) is 17.1 Å². The fourth-order valence-electron chi connectivity index (χ4n) is 5.61. The van der Waals surface area contributed by atoms with Crippen LogP contribution in [0.5, 0.6) is 0 Å². The molecule has 6 heteroatoms. The molecule has 2 unspecified atom stereocenters. The molecule has 0 N–H and O–H groups in total. The molecule has 4 aromatic rings. The van der Waals surface area contributed by atoms with E-state index in [1.165, 1.54) is 4.88 Å². The number of rotatable bonds is 9. The van der Waals surface area contributed by atoms with Gasteiger partial charge in [0.05, 0.1) is 6.42 Å². The summed E-state index contributed by atoms with van der Waals surface area (Å²) < 4.78 is 0. The van der Waals surface area contributed by atoms with Gasteiger partial charge in [0.1, 0.15) is 23.5 Å². The lowest BCUT2D eigenvalue weighted by molar-refractivity contribution is -0.122. The van der Waals surface area contributed by atoms with Gasteiger partial charge < -0.3 is 4.90 Å². The van der Waals surface area contributed by atoms with Crippen molar-refractivity contribution >= 4 is 46.0 Å². The quantitative estimate of drug-likeness (QED) is 0.0868. The Kier molecular flexibility index (Phi) is 9.39. The molecule has 3 aromatic carbocycles. The number of carbonyl (C=O) groups excluding carboxylic acids is 2. The first-order chi connectivity index (χ1) is 20.6. The molecule has 0 saturated heterocycles. The number of nitrogens with zero attached hydrogens (tertiary/aromatic N) is 3. The van der Waals surface area contributed by atoms with Crippen LogP contribution < -0.4 is 4.90 Å². The zero-order valence-corrected chi connectivity index (χ0v) is 24.1. The van der Waals surface area contributed by atoms with Crippen LogP contribution >= 0.6 is 11.3 Å². The summed E-state index contributed by atoms with van der Waals surface area (Å²) in [6, 6.07) is 35.5. The third kappa shape index (κ3) is 6.92. The SMILES string of the molecule is N#CC(C#N)=Cc1ccc(C2CCCC(C(=O)CC(=O)c3ccc(N(c4ccccc4)c4ccccc4)cc3)CC2)s1. The van der Waals surface area contributed by atoms with E-state index < -0.39 is 0 Å². The fourth-order valence-corrected chi connectivity index (χ4v) is 6.73.